The summed E-state index contributed by atoms with van der Waals surface area (Å²) >= 11 is 0. The first kappa shape index (κ1) is 13.9. The number of ether oxygens (including phenoxy) is 1. The second-order valence-corrected chi connectivity index (χ2v) is 4.94. The molecule has 1 saturated heterocycles. The fourth-order valence-electron chi connectivity index (χ4n) is 2.47. The van der Waals surface area contributed by atoms with Crippen LogP contribution in [0.5, 0.6) is 0 Å². The van der Waals surface area contributed by atoms with Gasteiger partial charge in [0.2, 0.25) is 0 Å². The lowest BCUT2D eigenvalue weighted by Crippen LogP contribution is -2.54. The molecule has 3 nitrogen and oxygen atoms in total. The predicted molar refractivity (Wildman–Crippen MR) is 68.8 cm³/mol. The summed E-state index contributed by atoms with van der Waals surface area (Å²) in [6, 6.07) is 1.23. The van der Waals surface area contributed by atoms with Gasteiger partial charge in [-0.1, -0.05) is 20.3 Å². The van der Waals surface area contributed by atoms with Crippen molar-refractivity contribution in [3.8, 4) is 0 Å². The average molecular weight is 228 g/mol. The Labute approximate surface area is 101 Å². The minimum Gasteiger partial charge on any atom is -0.376 e. The molecule has 3 unspecified atom stereocenters. The number of hydrogen-bond acceptors (Lipinski definition) is 3. The van der Waals surface area contributed by atoms with E-state index in [-0.39, 0.29) is 0 Å². The van der Waals surface area contributed by atoms with E-state index in [1.807, 2.05) is 0 Å². The summed E-state index contributed by atoms with van der Waals surface area (Å²) < 4.78 is 5.69. The van der Waals surface area contributed by atoms with E-state index in [9.17, 15) is 0 Å². The van der Waals surface area contributed by atoms with Gasteiger partial charge >= 0.3 is 0 Å². The molecule has 1 N–H and O–H groups in total. The van der Waals surface area contributed by atoms with Crippen molar-refractivity contribution in [2.24, 2.45) is 0 Å². The third-order valence-corrected chi connectivity index (χ3v) is 3.38. The number of morpholine rings is 1. The van der Waals surface area contributed by atoms with Crippen molar-refractivity contribution in [2.45, 2.75) is 58.7 Å². The fraction of sp³-hybridized carbons (Fsp3) is 1.00. The van der Waals surface area contributed by atoms with Crippen molar-refractivity contribution in [3.63, 3.8) is 0 Å². The summed E-state index contributed by atoms with van der Waals surface area (Å²) in [4.78, 5) is 2.63. The van der Waals surface area contributed by atoms with Crippen LogP contribution in [0.4, 0.5) is 0 Å². The molecule has 0 bridgehead atoms. The average Bonchev–Trinajstić information content (AvgIpc) is 2.28. The summed E-state index contributed by atoms with van der Waals surface area (Å²) in [5, 5.41) is 3.48. The highest BCUT2D eigenvalue weighted by Crippen LogP contribution is 2.17. The molecule has 3 atom stereocenters. The van der Waals surface area contributed by atoms with Crippen LogP contribution in [0.15, 0.2) is 0 Å². The molecule has 0 aromatic carbocycles. The Hall–Kier alpha value is -0.120. The van der Waals surface area contributed by atoms with Gasteiger partial charge in [0.25, 0.3) is 0 Å². The lowest BCUT2D eigenvalue weighted by molar-refractivity contribution is -0.0668. The van der Waals surface area contributed by atoms with Crippen molar-refractivity contribution in [1.29, 1.82) is 0 Å². The first-order valence-electron chi connectivity index (χ1n) is 6.77. The summed E-state index contributed by atoms with van der Waals surface area (Å²) in [7, 11) is 0. The number of hydrogen-bond donors (Lipinski definition) is 1. The smallest absolute Gasteiger partial charge is 0.0674 e. The van der Waals surface area contributed by atoms with Crippen LogP contribution >= 0.6 is 0 Å². The molecule has 0 aliphatic carbocycles. The highest BCUT2D eigenvalue weighted by Gasteiger charge is 2.28. The Kier molecular flexibility index (Phi) is 6.32. The van der Waals surface area contributed by atoms with Crippen LogP contribution in [-0.2, 0) is 4.74 Å². The van der Waals surface area contributed by atoms with Gasteiger partial charge in [0.1, 0.15) is 0 Å². The maximum Gasteiger partial charge on any atom is 0.0674 e. The van der Waals surface area contributed by atoms with Gasteiger partial charge in [0.15, 0.2) is 0 Å². The Bertz CT molecular complexity index is 187. The van der Waals surface area contributed by atoms with Crippen molar-refractivity contribution >= 4 is 0 Å². The molecule has 0 aromatic rings. The molecule has 3 heteroatoms. The van der Waals surface area contributed by atoms with E-state index in [1.165, 1.54) is 12.8 Å². The number of nitrogens with one attached hydrogen (secondary N) is 1. The van der Waals surface area contributed by atoms with Gasteiger partial charge in [-0.2, -0.15) is 0 Å². The number of likely N-dealkylation sites (N-methyl/N-ethyl adjacent to an activating group) is 1. The molecule has 0 amide bonds. The molecule has 0 saturated carbocycles. The molecule has 1 heterocycles. The maximum absolute atomic E-state index is 5.69. The molecule has 1 fully saturated rings. The third kappa shape index (κ3) is 4.04. The zero-order valence-corrected chi connectivity index (χ0v) is 11.3. The van der Waals surface area contributed by atoms with E-state index >= 15 is 0 Å². The van der Waals surface area contributed by atoms with Gasteiger partial charge in [-0.3, -0.25) is 4.90 Å². The lowest BCUT2D eigenvalue weighted by atomic mass is 10.1. The summed E-state index contributed by atoms with van der Waals surface area (Å²) in [6.45, 7) is 13.0. The summed E-state index contributed by atoms with van der Waals surface area (Å²) in [5.41, 5.74) is 0. The van der Waals surface area contributed by atoms with E-state index in [1.54, 1.807) is 0 Å². The van der Waals surface area contributed by atoms with Crippen molar-refractivity contribution in [3.05, 3.63) is 0 Å². The fourth-order valence-corrected chi connectivity index (χ4v) is 2.47. The van der Waals surface area contributed by atoms with Gasteiger partial charge in [-0.15, -0.1) is 0 Å². The van der Waals surface area contributed by atoms with Gasteiger partial charge < -0.3 is 10.1 Å². The number of nitrogens with zero attached hydrogens (tertiary/aromatic N) is 1. The Balaban J connectivity index is 2.52. The zero-order chi connectivity index (χ0) is 12.0. The molecule has 1 aliphatic heterocycles. The summed E-state index contributed by atoms with van der Waals surface area (Å²) in [6.07, 6.45) is 2.93. The monoisotopic (exact) mass is 228 g/mol. The first-order chi connectivity index (χ1) is 7.69. The van der Waals surface area contributed by atoms with Gasteiger partial charge in [-0.25, -0.2) is 0 Å². The standard InChI is InChI=1S/C13H28N2O/c1-5-7-13(8-14-6-2)15-9-12(4)16-10-11(15)3/h11-14H,5-10H2,1-4H3. The topological polar surface area (TPSA) is 24.5 Å². The highest BCUT2D eigenvalue weighted by atomic mass is 16.5. The molecule has 96 valence electrons. The molecular formula is C13H28N2O. The maximum atomic E-state index is 5.69. The zero-order valence-electron chi connectivity index (χ0n) is 11.3. The van der Waals surface area contributed by atoms with Gasteiger partial charge in [0, 0.05) is 25.2 Å². The van der Waals surface area contributed by atoms with E-state index in [2.05, 4.69) is 37.9 Å². The van der Waals surface area contributed by atoms with Crippen LogP contribution in [-0.4, -0.2) is 49.3 Å². The van der Waals surface area contributed by atoms with Gasteiger partial charge in [-0.05, 0) is 26.8 Å². The Morgan fingerprint density at radius 1 is 1.38 bits per heavy atom. The molecule has 1 aliphatic rings. The van der Waals surface area contributed by atoms with Crippen LogP contribution in [0.3, 0.4) is 0 Å². The van der Waals surface area contributed by atoms with Crippen LogP contribution in [0.2, 0.25) is 0 Å². The summed E-state index contributed by atoms with van der Waals surface area (Å²) in [5.74, 6) is 0. The second-order valence-electron chi connectivity index (χ2n) is 4.94. The molecule has 0 spiro atoms. The lowest BCUT2D eigenvalue weighted by Gasteiger charge is -2.42. The minimum atomic E-state index is 0.386. The van der Waals surface area contributed by atoms with Crippen molar-refractivity contribution < 1.29 is 4.74 Å². The van der Waals surface area contributed by atoms with Crippen LogP contribution in [0.25, 0.3) is 0 Å². The molecule has 0 radical (unpaired) electrons. The Morgan fingerprint density at radius 2 is 2.12 bits per heavy atom. The van der Waals surface area contributed by atoms with Crippen LogP contribution in [0, 0.1) is 0 Å². The SMILES string of the molecule is CCCC(CNCC)N1CC(C)OCC1C. The molecular weight excluding hydrogens is 200 g/mol. The van der Waals surface area contributed by atoms with E-state index in [0.717, 1.165) is 26.2 Å². The van der Waals surface area contributed by atoms with Gasteiger partial charge in [0.05, 0.1) is 12.7 Å². The van der Waals surface area contributed by atoms with Crippen LogP contribution < -0.4 is 5.32 Å². The normalized spacial score (nSPS) is 29.2. The second kappa shape index (κ2) is 7.25. The largest absolute Gasteiger partial charge is 0.376 e. The van der Waals surface area contributed by atoms with E-state index < -0.39 is 0 Å². The number of rotatable bonds is 6. The Morgan fingerprint density at radius 3 is 2.75 bits per heavy atom. The molecule has 16 heavy (non-hydrogen) atoms. The highest BCUT2D eigenvalue weighted by molar-refractivity contribution is 4.83. The van der Waals surface area contributed by atoms with E-state index in [0.29, 0.717) is 18.2 Å². The van der Waals surface area contributed by atoms with Crippen LogP contribution in [0.1, 0.15) is 40.5 Å². The molecule has 0 aromatic heterocycles. The minimum absolute atomic E-state index is 0.386. The van der Waals surface area contributed by atoms with E-state index in [4.69, 9.17) is 4.74 Å². The van der Waals surface area contributed by atoms with Crippen molar-refractivity contribution in [1.82, 2.24) is 10.2 Å². The predicted octanol–water partition coefficient (Wildman–Crippen LogP) is 1.87. The first-order valence-corrected chi connectivity index (χ1v) is 6.77. The quantitative estimate of drug-likeness (QED) is 0.751. The molecule has 1 rings (SSSR count). The third-order valence-electron chi connectivity index (χ3n) is 3.38. The van der Waals surface area contributed by atoms with Crippen molar-refractivity contribution in [2.75, 3.05) is 26.2 Å².